The van der Waals surface area contributed by atoms with Crippen LogP contribution in [0.15, 0.2) is 107 Å². The summed E-state index contributed by atoms with van der Waals surface area (Å²) >= 11 is 1.23. The first-order chi connectivity index (χ1) is 13.2. The van der Waals surface area contributed by atoms with Gasteiger partial charge in [-0.05, 0) is 34.4 Å². The van der Waals surface area contributed by atoms with E-state index >= 15 is 0 Å². The average molecular weight is 447 g/mol. The molecule has 0 bridgehead atoms. The zero-order valence-electron chi connectivity index (χ0n) is 16.5. The van der Waals surface area contributed by atoms with Gasteiger partial charge in [0.2, 0.25) is 0 Å². The third-order valence-electron chi connectivity index (χ3n) is 4.32. The first-order valence-corrected chi connectivity index (χ1v) is 9.43. The molecule has 0 radical (unpaired) electrons. The van der Waals surface area contributed by atoms with Gasteiger partial charge in [0.1, 0.15) is 0 Å². The third kappa shape index (κ3) is 6.54. The van der Waals surface area contributed by atoms with E-state index < -0.39 is 0 Å². The van der Waals surface area contributed by atoms with E-state index in [1.165, 1.54) is 11.8 Å². The van der Waals surface area contributed by atoms with E-state index in [2.05, 4.69) is 0 Å². The normalized spacial score (nSPS) is 9.93. The van der Waals surface area contributed by atoms with E-state index in [1.54, 1.807) is 12.1 Å². The van der Waals surface area contributed by atoms with Crippen molar-refractivity contribution in [2.24, 2.45) is 0 Å². The van der Waals surface area contributed by atoms with Crippen LogP contribution in [-0.4, -0.2) is 0 Å². The van der Waals surface area contributed by atoms with Gasteiger partial charge >= 0.3 is 103 Å². The van der Waals surface area contributed by atoms with Crippen LogP contribution >= 0.6 is 11.8 Å². The molecule has 0 saturated heterocycles. The minimum absolute atomic E-state index is 0. The van der Waals surface area contributed by atoms with Crippen molar-refractivity contribution >= 4 is 11.8 Å². The van der Waals surface area contributed by atoms with E-state index in [9.17, 15) is 10.2 Å². The third-order valence-corrected chi connectivity index (χ3v) is 5.40. The molecule has 2 nitrogen and oxygen atoms in total. The Labute approximate surface area is 260 Å². The molecule has 0 saturated carbocycles. The number of rotatable bonds is 4. The first-order valence-electron chi connectivity index (χ1n) is 8.61. The largest absolute Gasteiger partial charge is 1.00 e. The quantitative estimate of drug-likeness (QED) is 0.391. The summed E-state index contributed by atoms with van der Waals surface area (Å²) in [5, 5.41) is 24.7. The summed E-state index contributed by atoms with van der Waals surface area (Å²) in [6.45, 7) is 0. The van der Waals surface area contributed by atoms with Gasteiger partial charge in [0, 0.05) is 9.79 Å². The molecule has 0 aliphatic rings. The molecule has 0 aliphatic heterocycles. The number of benzene rings is 4. The van der Waals surface area contributed by atoms with Gasteiger partial charge in [0.05, 0.1) is 0 Å². The maximum absolute atomic E-state index is 12.4. The molecule has 0 atom stereocenters. The topological polar surface area (TPSA) is 46.1 Å². The summed E-state index contributed by atoms with van der Waals surface area (Å²) in [4.78, 5) is 1.11. The second kappa shape index (κ2) is 12.2. The monoisotopic (exact) mass is 446 g/mol. The summed E-state index contributed by atoms with van der Waals surface area (Å²) in [6, 6.07) is 30.3. The van der Waals surface area contributed by atoms with E-state index in [0.717, 1.165) is 22.3 Å². The summed E-state index contributed by atoms with van der Waals surface area (Å²) < 4.78 is 0. The Kier molecular flexibility index (Phi) is 10.7. The second-order valence-electron chi connectivity index (χ2n) is 6.16. The Morgan fingerprint density at radius 2 is 0.828 bits per heavy atom. The molecular weight excluding hydrogens is 431 g/mol. The minimum atomic E-state index is -0.0794. The second-order valence-corrected chi connectivity index (χ2v) is 7.24. The van der Waals surface area contributed by atoms with Gasteiger partial charge in [-0.1, -0.05) is 108 Å². The van der Waals surface area contributed by atoms with Crippen LogP contribution < -0.4 is 113 Å². The van der Waals surface area contributed by atoms with Crippen molar-refractivity contribution in [3.05, 3.63) is 97.1 Å². The Morgan fingerprint density at radius 3 is 1.21 bits per heavy atom. The zero-order valence-corrected chi connectivity index (χ0v) is 23.5. The maximum Gasteiger partial charge on any atom is 1.00 e. The Bertz CT molecular complexity index is 984. The zero-order chi connectivity index (χ0) is 18.6. The van der Waals surface area contributed by atoms with Crippen LogP contribution in [0.4, 0.5) is 0 Å². The number of hydrogen-bond acceptors (Lipinski definition) is 3. The fourth-order valence-corrected chi connectivity index (χ4v) is 3.86. The Balaban J connectivity index is 0.00000150. The van der Waals surface area contributed by atoms with Crippen molar-refractivity contribution < 1.29 is 113 Å². The van der Waals surface area contributed by atoms with E-state index in [-0.39, 0.29) is 114 Å². The first kappa shape index (κ1) is 25.4. The maximum atomic E-state index is 12.4. The van der Waals surface area contributed by atoms with Crippen molar-refractivity contribution in [3.8, 4) is 33.8 Å². The van der Waals surface area contributed by atoms with Gasteiger partial charge in [-0.15, -0.1) is 0 Å². The molecule has 4 aromatic carbocycles. The van der Waals surface area contributed by atoms with Gasteiger partial charge in [0.15, 0.2) is 0 Å². The van der Waals surface area contributed by atoms with Crippen molar-refractivity contribution in [2.75, 3.05) is 0 Å². The van der Waals surface area contributed by atoms with Crippen LogP contribution in [0.25, 0.3) is 22.3 Å². The van der Waals surface area contributed by atoms with Crippen LogP contribution in [0, 0.1) is 0 Å². The van der Waals surface area contributed by atoms with Crippen molar-refractivity contribution in [2.45, 2.75) is 9.79 Å². The van der Waals surface area contributed by atoms with Crippen LogP contribution in [0.2, 0.25) is 0 Å². The molecule has 0 spiro atoms. The fraction of sp³-hybridized carbons (Fsp3) is 0. The minimum Gasteiger partial charge on any atom is -0.872 e. The Morgan fingerprint density at radius 1 is 0.448 bits per heavy atom. The van der Waals surface area contributed by atoms with Gasteiger partial charge in [0.25, 0.3) is 0 Å². The molecule has 0 amide bonds. The predicted octanol–water partition coefficient (Wildman–Crippen LogP) is -0.673. The van der Waals surface area contributed by atoms with E-state index in [0.29, 0.717) is 9.79 Å². The molecule has 0 heterocycles. The van der Waals surface area contributed by atoms with Gasteiger partial charge in [-0.2, -0.15) is 0 Å². The van der Waals surface area contributed by atoms with Crippen molar-refractivity contribution in [3.63, 3.8) is 0 Å². The average Bonchev–Trinajstić information content (AvgIpc) is 2.72. The smallest absolute Gasteiger partial charge is 0.872 e. The van der Waals surface area contributed by atoms with Crippen LogP contribution in [-0.2, 0) is 0 Å². The standard InChI is InChI=1S/C24H18O2S.2K/c25-21-13-11-19(17-7-3-1-4-8-17)15-23(21)27-24-16-20(12-14-22(24)26)18-9-5-2-6-10-18;;/h1-16,25-26H;;/q;2*+1/p-2. The summed E-state index contributed by atoms with van der Waals surface area (Å²) in [7, 11) is 0. The molecule has 132 valence electrons. The molecule has 4 rings (SSSR count). The van der Waals surface area contributed by atoms with Crippen LogP contribution in [0.1, 0.15) is 0 Å². The van der Waals surface area contributed by atoms with E-state index in [4.69, 9.17) is 0 Å². The van der Waals surface area contributed by atoms with Gasteiger partial charge < -0.3 is 10.2 Å². The molecule has 29 heavy (non-hydrogen) atoms. The molecule has 0 fully saturated rings. The van der Waals surface area contributed by atoms with Crippen LogP contribution in [0.3, 0.4) is 0 Å². The van der Waals surface area contributed by atoms with Gasteiger partial charge in [-0.25, -0.2) is 0 Å². The van der Waals surface area contributed by atoms with Crippen LogP contribution in [0.5, 0.6) is 11.5 Å². The molecular formula is C24H16K2O2S. The van der Waals surface area contributed by atoms with Crippen molar-refractivity contribution in [1.82, 2.24) is 0 Å². The Hall–Kier alpha value is 0.103. The number of hydrogen-bond donors (Lipinski definition) is 0. The summed E-state index contributed by atoms with van der Waals surface area (Å²) in [6.07, 6.45) is 0. The van der Waals surface area contributed by atoms with Crippen molar-refractivity contribution in [1.29, 1.82) is 0 Å². The van der Waals surface area contributed by atoms with E-state index in [1.807, 2.05) is 84.9 Å². The molecule has 0 N–H and O–H groups in total. The summed E-state index contributed by atoms with van der Waals surface area (Å²) in [5.74, 6) is -0.159. The predicted molar refractivity (Wildman–Crippen MR) is 107 cm³/mol. The molecule has 5 heteroatoms. The molecule has 4 aromatic rings. The molecule has 0 unspecified atom stereocenters. The molecule has 0 aliphatic carbocycles. The van der Waals surface area contributed by atoms with Gasteiger partial charge in [-0.3, -0.25) is 0 Å². The fourth-order valence-electron chi connectivity index (χ4n) is 2.91. The summed E-state index contributed by atoms with van der Waals surface area (Å²) in [5.41, 5.74) is 4.01. The SMILES string of the molecule is [K+].[K+].[O-]c1ccc(-c2ccccc2)cc1Sc1cc(-c2ccccc2)ccc1[O-]. The molecule has 0 aromatic heterocycles.